The second-order valence-electron chi connectivity index (χ2n) is 7.21. The number of nitrogens with one attached hydrogen (secondary N) is 1. The molecule has 0 spiro atoms. The minimum Gasteiger partial charge on any atom is -0.325 e. The van der Waals surface area contributed by atoms with E-state index in [0.717, 1.165) is 33.3 Å². The zero-order chi connectivity index (χ0) is 19.0. The third-order valence-corrected chi connectivity index (χ3v) is 5.19. The van der Waals surface area contributed by atoms with Gasteiger partial charge in [0.1, 0.15) is 0 Å². The lowest BCUT2D eigenvalue weighted by Gasteiger charge is -2.19. The zero-order valence-corrected chi connectivity index (χ0v) is 15.5. The van der Waals surface area contributed by atoms with E-state index in [0.29, 0.717) is 6.54 Å². The normalized spacial score (nSPS) is 16.7. The molecule has 0 radical (unpaired) electrons. The lowest BCUT2D eigenvalue weighted by Crippen LogP contribution is -2.28. The van der Waals surface area contributed by atoms with Crippen molar-refractivity contribution in [2.45, 2.75) is 20.3 Å². The van der Waals surface area contributed by atoms with Crippen LogP contribution in [0.15, 0.2) is 60.7 Å². The average molecular weight is 358 g/mol. The summed E-state index contributed by atoms with van der Waals surface area (Å²) in [6, 6.07) is 19.8. The van der Waals surface area contributed by atoms with E-state index in [1.165, 1.54) is 0 Å². The third-order valence-electron chi connectivity index (χ3n) is 5.19. The molecule has 27 heavy (non-hydrogen) atoms. The number of amides is 2. The lowest BCUT2D eigenvalue weighted by molar-refractivity contribution is -0.122. The van der Waals surface area contributed by atoms with Crippen molar-refractivity contribution in [1.29, 1.82) is 0 Å². The van der Waals surface area contributed by atoms with Crippen molar-refractivity contribution in [3.63, 3.8) is 0 Å². The second kappa shape index (κ2) is 6.88. The van der Waals surface area contributed by atoms with E-state index in [2.05, 4.69) is 11.4 Å². The molecule has 4 heteroatoms. The third kappa shape index (κ3) is 3.31. The molecule has 1 heterocycles. The average Bonchev–Trinajstić information content (AvgIpc) is 3.04. The highest BCUT2D eigenvalue weighted by atomic mass is 16.2. The minimum atomic E-state index is -0.350. The Labute approximate surface area is 158 Å². The van der Waals surface area contributed by atoms with Gasteiger partial charge >= 0.3 is 0 Å². The van der Waals surface area contributed by atoms with E-state index < -0.39 is 0 Å². The van der Waals surface area contributed by atoms with E-state index in [1.807, 2.05) is 68.4 Å². The summed E-state index contributed by atoms with van der Waals surface area (Å²) < 4.78 is 0. The molecule has 1 N–H and O–H groups in total. The Morgan fingerprint density at radius 3 is 2.63 bits per heavy atom. The fourth-order valence-corrected chi connectivity index (χ4v) is 3.79. The number of carbonyl (C=O) groups excluding carboxylic acids is 2. The SMILES string of the molecule is Cc1ccc(N2C[C@H](C(=O)Nc3cccc4ccccc34)CC2=O)c(C)c1. The number of nitrogens with zero attached hydrogens (tertiary/aromatic N) is 1. The maximum absolute atomic E-state index is 12.8. The number of rotatable bonds is 3. The van der Waals surface area contributed by atoms with Crippen molar-refractivity contribution in [2.75, 3.05) is 16.8 Å². The number of carbonyl (C=O) groups is 2. The van der Waals surface area contributed by atoms with Gasteiger partial charge < -0.3 is 10.2 Å². The number of anilines is 2. The molecular formula is C23H22N2O2. The highest BCUT2D eigenvalue weighted by molar-refractivity contribution is 6.07. The van der Waals surface area contributed by atoms with E-state index in [4.69, 9.17) is 0 Å². The van der Waals surface area contributed by atoms with Gasteiger partial charge in [0.2, 0.25) is 11.8 Å². The van der Waals surface area contributed by atoms with Gasteiger partial charge in [-0.25, -0.2) is 0 Å². The first-order valence-corrected chi connectivity index (χ1v) is 9.19. The number of aryl methyl sites for hydroxylation is 2. The van der Waals surface area contributed by atoms with Gasteiger partial charge in [0.05, 0.1) is 5.92 Å². The lowest BCUT2D eigenvalue weighted by atomic mass is 10.1. The van der Waals surface area contributed by atoms with Crippen LogP contribution in [0.2, 0.25) is 0 Å². The van der Waals surface area contributed by atoms with Crippen LogP contribution in [0.1, 0.15) is 17.5 Å². The molecule has 3 aromatic carbocycles. The molecule has 136 valence electrons. The molecule has 4 nitrogen and oxygen atoms in total. The van der Waals surface area contributed by atoms with Gasteiger partial charge in [-0.2, -0.15) is 0 Å². The van der Waals surface area contributed by atoms with Gasteiger partial charge in [-0.05, 0) is 36.9 Å². The van der Waals surface area contributed by atoms with Gasteiger partial charge in [-0.1, -0.05) is 54.1 Å². The Morgan fingerprint density at radius 2 is 1.81 bits per heavy atom. The molecule has 1 fully saturated rings. The molecule has 1 atom stereocenters. The summed E-state index contributed by atoms with van der Waals surface area (Å²) in [6.45, 7) is 4.45. The predicted molar refractivity (Wildman–Crippen MR) is 109 cm³/mol. The van der Waals surface area contributed by atoms with E-state index in [9.17, 15) is 9.59 Å². The van der Waals surface area contributed by atoms with Gasteiger partial charge in [-0.15, -0.1) is 0 Å². The summed E-state index contributed by atoms with van der Waals surface area (Å²) in [4.78, 5) is 27.1. The largest absolute Gasteiger partial charge is 0.325 e. The Balaban J connectivity index is 1.54. The molecule has 0 aliphatic carbocycles. The van der Waals surface area contributed by atoms with Crippen LogP contribution >= 0.6 is 0 Å². The topological polar surface area (TPSA) is 49.4 Å². The molecule has 0 saturated carbocycles. The summed E-state index contributed by atoms with van der Waals surface area (Å²) in [5.74, 6) is -0.454. The molecule has 4 rings (SSSR count). The van der Waals surface area contributed by atoms with Crippen molar-refractivity contribution in [1.82, 2.24) is 0 Å². The highest BCUT2D eigenvalue weighted by Gasteiger charge is 2.35. The van der Waals surface area contributed by atoms with Crippen LogP contribution in [0.25, 0.3) is 10.8 Å². The van der Waals surface area contributed by atoms with Gasteiger partial charge in [-0.3, -0.25) is 9.59 Å². The summed E-state index contributed by atoms with van der Waals surface area (Å²) in [5, 5.41) is 5.11. The maximum Gasteiger partial charge on any atom is 0.229 e. The first kappa shape index (κ1) is 17.3. The van der Waals surface area contributed by atoms with E-state index in [-0.39, 0.29) is 24.2 Å². The van der Waals surface area contributed by atoms with E-state index >= 15 is 0 Å². The first-order chi connectivity index (χ1) is 13.0. The number of hydrogen-bond acceptors (Lipinski definition) is 2. The smallest absolute Gasteiger partial charge is 0.229 e. The molecule has 2 amide bonds. The molecular weight excluding hydrogens is 336 g/mol. The highest BCUT2D eigenvalue weighted by Crippen LogP contribution is 2.30. The quantitative estimate of drug-likeness (QED) is 0.752. The maximum atomic E-state index is 12.8. The predicted octanol–water partition coefficient (Wildman–Crippen LogP) is 4.45. The Bertz CT molecular complexity index is 1040. The molecule has 0 bridgehead atoms. The fraction of sp³-hybridized carbons (Fsp3) is 0.217. The summed E-state index contributed by atoms with van der Waals surface area (Å²) in [7, 11) is 0. The zero-order valence-electron chi connectivity index (χ0n) is 15.5. The van der Waals surface area contributed by atoms with Crippen LogP contribution in [0.3, 0.4) is 0 Å². The standard InChI is InChI=1S/C23H22N2O2/c1-15-10-11-21(16(2)12-15)25-14-18(13-22(25)26)23(27)24-20-9-5-7-17-6-3-4-8-19(17)20/h3-12,18H,13-14H2,1-2H3,(H,24,27)/t18-/m1/s1. The summed E-state index contributed by atoms with van der Waals surface area (Å²) in [6.07, 6.45) is 0.240. The van der Waals surface area contributed by atoms with Crippen LogP contribution in [0, 0.1) is 19.8 Å². The van der Waals surface area contributed by atoms with Crippen molar-refractivity contribution < 1.29 is 9.59 Å². The Morgan fingerprint density at radius 1 is 1.04 bits per heavy atom. The van der Waals surface area contributed by atoms with Crippen molar-refractivity contribution >= 4 is 34.0 Å². The number of hydrogen-bond donors (Lipinski definition) is 1. The number of fused-ring (bicyclic) bond motifs is 1. The molecule has 1 aliphatic rings. The van der Waals surface area contributed by atoms with E-state index in [1.54, 1.807) is 4.90 Å². The van der Waals surface area contributed by atoms with Gasteiger partial charge in [0.15, 0.2) is 0 Å². The van der Waals surface area contributed by atoms with Crippen molar-refractivity contribution in [3.8, 4) is 0 Å². The Kier molecular flexibility index (Phi) is 4.40. The van der Waals surface area contributed by atoms with Crippen molar-refractivity contribution in [3.05, 3.63) is 71.8 Å². The van der Waals surface area contributed by atoms with Crippen LogP contribution in [0.5, 0.6) is 0 Å². The van der Waals surface area contributed by atoms with Crippen LogP contribution < -0.4 is 10.2 Å². The molecule has 3 aromatic rings. The molecule has 1 aliphatic heterocycles. The molecule has 1 saturated heterocycles. The van der Waals surface area contributed by atoms with Gasteiger partial charge in [0.25, 0.3) is 0 Å². The second-order valence-corrected chi connectivity index (χ2v) is 7.21. The summed E-state index contributed by atoms with van der Waals surface area (Å²) >= 11 is 0. The van der Waals surface area contributed by atoms with Crippen LogP contribution in [-0.2, 0) is 9.59 Å². The molecule has 0 unspecified atom stereocenters. The molecule has 0 aromatic heterocycles. The summed E-state index contributed by atoms with van der Waals surface area (Å²) in [5.41, 5.74) is 3.90. The van der Waals surface area contributed by atoms with Crippen molar-refractivity contribution in [2.24, 2.45) is 5.92 Å². The minimum absolute atomic E-state index is 0.0000211. The monoisotopic (exact) mass is 358 g/mol. The Hall–Kier alpha value is -3.14. The number of benzene rings is 3. The first-order valence-electron chi connectivity index (χ1n) is 9.19. The van der Waals surface area contributed by atoms with Crippen LogP contribution in [0.4, 0.5) is 11.4 Å². The van der Waals surface area contributed by atoms with Gasteiger partial charge in [0, 0.05) is 29.7 Å². The van der Waals surface area contributed by atoms with Crippen LogP contribution in [-0.4, -0.2) is 18.4 Å². The fourth-order valence-electron chi connectivity index (χ4n) is 3.79.